The summed E-state index contributed by atoms with van der Waals surface area (Å²) in [4.78, 5) is 33.5. The van der Waals surface area contributed by atoms with E-state index in [4.69, 9.17) is 9.47 Å². The lowest BCUT2D eigenvalue weighted by atomic mass is 10.1. The fraction of sp³-hybridized carbons (Fsp3) is 0.0500. The van der Waals surface area contributed by atoms with E-state index in [0.717, 1.165) is 11.3 Å². The molecule has 1 amide bonds. The van der Waals surface area contributed by atoms with Crippen LogP contribution in [0.25, 0.3) is 22.3 Å². The number of benzene rings is 2. The molecule has 0 saturated carbocycles. The van der Waals surface area contributed by atoms with Crippen LogP contribution in [0.4, 0.5) is 5.69 Å². The molecular weight excluding hydrogens is 360 g/mol. The van der Waals surface area contributed by atoms with Gasteiger partial charge in [-0.15, -0.1) is 0 Å². The van der Waals surface area contributed by atoms with Gasteiger partial charge in [0, 0.05) is 17.4 Å². The molecule has 2 aromatic carbocycles. The van der Waals surface area contributed by atoms with Crippen LogP contribution in [0.5, 0.6) is 11.5 Å². The van der Waals surface area contributed by atoms with Crippen molar-refractivity contribution in [1.82, 2.24) is 15.0 Å². The zero-order valence-corrected chi connectivity index (χ0v) is 14.5. The Morgan fingerprint density at radius 3 is 2.68 bits per heavy atom. The van der Waals surface area contributed by atoms with Crippen molar-refractivity contribution in [3.8, 4) is 22.8 Å². The van der Waals surface area contributed by atoms with E-state index in [9.17, 15) is 9.59 Å². The zero-order valence-electron chi connectivity index (χ0n) is 14.5. The number of anilines is 1. The van der Waals surface area contributed by atoms with Crippen molar-refractivity contribution in [1.29, 1.82) is 0 Å². The summed E-state index contributed by atoms with van der Waals surface area (Å²) >= 11 is 0. The van der Waals surface area contributed by atoms with Crippen LogP contribution in [0.3, 0.4) is 0 Å². The second kappa shape index (κ2) is 6.27. The monoisotopic (exact) mass is 374 g/mol. The van der Waals surface area contributed by atoms with Crippen molar-refractivity contribution in [2.75, 3.05) is 12.1 Å². The molecule has 5 rings (SSSR count). The van der Waals surface area contributed by atoms with Gasteiger partial charge in [0.2, 0.25) is 6.79 Å². The Morgan fingerprint density at radius 1 is 0.964 bits per heavy atom. The van der Waals surface area contributed by atoms with E-state index in [1.165, 1.54) is 6.20 Å². The molecule has 1 aliphatic rings. The number of nitrogens with zero attached hydrogens (tertiary/aromatic N) is 1. The molecule has 1 aliphatic heterocycles. The maximum atomic E-state index is 12.5. The Labute approximate surface area is 158 Å². The van der Waals surface area contributed by atoms with Crippen LogP contribution in [0, 0.1) is 0 Å². The van der Waals surface area contributed by atoms with Crippen LogP contribution >= 0.6 is 0 Å². The number of fused-ring (bicyclic) bond motifs is 2. The minimum atomic E-state index is -0.290. The lowest BCUT2D eigenvalue weighted by Crippen LogP contribution is -2.12. The molecule has 0 saturated heterocycles. The lowest BCUT2D eigenvalue weighted by molar-refractivity contribution is 0.102. The highest BCUT2D eigenvalue weighted by Gasteiger charge is 2.15. The van der Waals surface area contributed by atoms with Gasteiger partial charge in [0.15, 0.2) is 11.5 Å². The van der Waals surface area contributed by atoms with Gasteiger partial charge in [-0.1, -0.05) is 0 Å². The summed E-state index contributed by atoms with van der Waals surface area (Å²) in [6.45, 7) is 0.216. The van der Waals surface area contributed by atoms with Crippen LogP contribution in [-0.4, -0.2) is 27.7 Å². The molecule has 3 N–H and O–H groups in total. The van der Waals surface area contributed by atoms with Crippen LogP contribution < -0.4 is 20.5 Å². The molecule has 0 radical (unpaired) electrons. The summed E-state index contributed by atoms with van der Waals surface area (Å²) in [6, 6.07) is 14.2. The number of aromatic amines is 2. The lowest BCUT2D eigenvalue weighted by Gasteiger charge is -2.07. The third-order valence-corrected chi connectivity index (χ3v) is 4.47. The summed E-state index contributed by atoms with van der Waals surface area (Å²) in [7, 11) is 0. The number of carbonyl (C=O) groups excluding carboxylic acids is 1. The number of imidazole rings is 1. The smallest absolute Gasteiger partial charge is 0.323 e. The topological polar surface area (TPSA) is 109 Å². The standard InChI is InChI=1S/C20H14N4O4/c25-19(22-13-3-5-15-16(8-13)24-20(26)23-15)12-1-4-14(21-9-12)11-2-6-17-18(7-11)28-10-27-17/h1-9H,10H2,(H,22,25)(H2,23,24,26). The highest BCUT2D eigenvalue weighted by Crippen LogP contribution is 2.35. The first kappa shape index (κ1) is 16.1. The van der Waals surface area contributed by atoms with E-state index in [2.05, 4.69) is 20.3 Å². The number of aromatic nitrogens is 3. The van der Waals surface area contributed by atoms with Gasteiger partial charge in [-0.3, -0.25) is 9.78 Å². The number of pyridine rings is 1. The number of nitrogens with one attached hydrogen (secondary N) is 3. The number of hydrogen-bond donors (Lipinski definition) is 3. The molecule has 4 aromatic rings. The summed E-state index contributed by atoms with van der Waals surface area (Å²) in [5.74, 6) is 1.10. The zero-order chi connectivity index (χ0) is 19.1. The Kier molecular flexibility index (Phi) is 3.61. The maximum absolute atomic E-state index is 12.5. The Morgan fingerprint density at radius 2 is 1.82 bits per heavy atom. The van der Waals surface area contributed by atoms with Crippen LogP contribution in [-0.2, 0) is 0 Å². The summed E-state index contributed by atoms with van der Waals surface area (Å²) in [5, 5.41) is 2.80. The minimum absolute atomic E-state index is 0.216. The Bertz CT molecular complexity index is 1260. The predicted molar refractivity (Wildman–Crippen MR) is 103 cm³/mol. The van der Waals surface area contributed by atoms with Crippen LogP contribution in [0.1, 0.15) is 10.4 Å². The highest BCUT2D eigenvalue weighted by molar-refractivity contribution is 6.04. The first-order valence-electron chi connectivity index (χ1n) is 8.55. The van der Waals surface area contributed by atoms with Gasteiger partial charge in [-0.25, -0.2) is 4.79 Å². The summed E-state index contributed by atoms with van der Waals surface area (Å²) < 4.78 is 10.7. The molecule has 138 valence electrons. The molecule has 28 heavy (non-hydrogen) atoms. The molecule has 8 heteroatoms. The number of rotatable bonds is 3. The van der Waals surface area contributed by atoms with Gasteiger partial charge < -0.3 is 24.8 Å². The SMILES string of the molecule is O=C(Nc1ccc2[nH]c(=O)[nH]c2c1)c1ccc(-c2ccc3c(c2)OCO3)nc1. The third kappa shape index (κ3) is 2.86. The van der Waals surface area contributed by atoms with E-state index < -0.39 is 0 Å². The molecule has 0 bridgehead atoms. The van der Waals surface area contributed by atoms with Crippen molar-refractivity contribution in [2.45, 2.75) is 0 Å². The van der Waals surface area contributed by atoms with E-state index in [0.29, 0.717) is 33.8 Å². The molecule has 0 unspecified atom stereocenters. The van der Waals surface area contributed by atoms with E-state index in [-0.39, 0.29) is 18.4 Å². The van der Waals surface area contributed by atoms with Crippen molar-refractivity contribution in [3.63, 3.8) is 0 Å². The van der Waals surface area contributed by atoms with E-state index in [1.807, 2.05) is 18.2 Å². The van der Waals surface area contributed by atoms with Gasteiger partial charge in [-0.05, 0) is 48.5 Å². The molecule has 0 aliphatic carbocycles. The van der Waals surface area contributed by atoms with Gasteiger partial charge >= 0.3 is 5.69 Å². The molecular formula is C20H14N4O4. The fourth-order valence-electron chi connectivity index (χ4n) is 3.07. The molecule has 8 nitrogen and oxygen atoms in total. The number of carbonyl (C=O) groups is 1. The fourth-order valence-corrected chi connectivity index (χ4v) is 3.07. The van der Waals surface area contributed by atoms with Gasteiger partial charge in [0.25, 0.3) is 5.91 Å². The number of hydrogen-bond acceptors (Lipinski definition) is 5. The summed E-state index contributed by atoms with van der Waals surface area (Å²) in [5.41, 5.74) is 3.61. The average Bonchev–Trinajstić information content (AvgIpc) is 3.32. The second-order valence-corrected chi connectivity index (χ2v) is 6.29. The molecule has 2 aromatic heterocycles. The average molecular weight is 374 g/mol. The molecule has 3 heterocycles. The van der Waals surface area contributed by atoms with Gasteiger partial charge in [-0.2, -0.15) is 0 Å². The molecule has 0 atom stereocenters. The third-order valence-electron chi connectivity index (χ3n) is 4.47. The first-order chi connectivity index (χ1) is 13.7. The van der Waals surface area contributed by atoms with Crippen molar-refractivity contribution >= 4 is 22.6 Å². The predicted octanol–water partition coefficient (Wildman–Crippen LogP) is 2.90. The quantitative estimate of drug-likeness (QED) is 0.511. The van der Waals surface area contributed by atoms with Crippen molar-refractivity contribution < 1.29 is 14.3 Å². The Hall–Kier alpha value is -4.07. The van der Waals surface area contributed by atoms with E-state index >= 15 is 0 Å². The van der Waals surface area contributed by atoms with Gasteiger partial charge in [0.05, 0.1) is 22.3 Å². The molecule has 0 spiro atoms. The van der Waals surface area contributed by atoms with E-state index in [1.54, 1.807) is 30.3 Å². The molecule has 0 fully saturated rings. The number of ether oxygens (including phenoxy) is 2. The number of H-pyrrole nitrogens is 2. The normalized spacial score (nSPS) is 12.3. The second-order valence-electron chi connectivity index (χ2n) is 6.29. The van der Waals surface area contributed by atoms with Gasteiger partial charge in [0.1, 0.15) is 0 Å². The first-order valence-corrected chi connectivity index (χ1v) is 8.55. The highest BCUT2D eigenvalue weighted by atomic mass is 16.7. The van der Waals surface area contributed by atoms with Crippen LogP contribution in [0.2, 0.25) is 0 Å². The Balaban J connectivity index is 1.35. The summed E-state index contributed by atoms with van der Waals surface area (Å²) in [6.07, 6.45) is 1.52. The maximum Gasteiger partial charge on any atom is 0.323 e. The van der Waals surface area contributed by atoms with Crippen LogP contribution in [0.15, 0.2) is 59.5 Å². The van der Waals surface area contributed by atoms with Crippen molar-refractivity contribution in [2.24, 2.45) is 0 Å². The largest absolute Gasteiger partial charge is 0.454 e. The minimum Gasteiger partial charge on any atom is -0.454 e. The number of amides is 1. The van der Waals surface area contributed by atoms with Crippen molar-refractivity contribution in [3.05, 3.63) is 70.8 Å².